The first-order chi connectivity index (χ1) is 9.67. The second kappa shape index (κ2) is 7.69. The zero-order valence-electron chi connectivity index (χ0n) is 12.4. The lowest BCUT2D eigenvalue weighted by Crippen LogP contribution is -2.46. The SMILES string of the molecule is CCC1CN(C(c2ccccc2Cl)C(N)CC)CCS1. The number of thioether (sulfide) groups is 1. The minimum atomic E-state index is 0.135. The van der Waals surface area contributed by atoms with Crippen molar-refractivity contribution in [1.82, 2.24) is 4.90 Å². The summed E-state index contributed by atoms with van der Waals surface area (Å²) in [5, 5.41) is 1.56. The van der Waals surface area contributed by atoms with Crippen molar-refractivity contribution in [3.05, 3.63) is 34.9 Å². The Kier molecular flexibility index (Phi) is 6.21. The zero-order valence-corrected chi connectivity index (χ0v) is 14.0. The van der Waals surface area contributed by atoms with Gasteiger partial charge in [-0.15, -0.1) is 0 Å². The van der Waals surface area contributed by atoms with E-state index in [0.717, 1.165) is 29.8 Å². The highest BCUT2D eigenvalue weighted by Gasteiger charge is 2.31. The van der Waals surface area contributed by atoms with Gasteiger partial charge in [0.2, 0.25) is 0 Å². The fourth-order valence-electron chi connectivity index (χ4n) is 2.88. The van der Waals surface area contributed by atoms with Crippen molar-refractivity contribution in [2.24, 2.45) is 5.73 Å². The van der Waals surface area contributed by atoms with E-state index >= 15 is 0 Å². The van der Waals surface area contributed by atoms with Crippen molar-refractivity contribution in [2.45, 2.75) is 44.0 Å². The first-order valence-corrected chi connectivity index (χ1v) is 8.95. The normalized spacial score (nSPS) is 23.5. The van der Waals surface area contributed by atoms with Gasteiger partial charge < -0.3 is 5.73 Å². The molecule has 0 saturated carbocycles. The van der Waals surface area contributed by atoms with Crippen LogP contribution in [0, 0.1) is 0 Å². The molecule has 2 N–H and O–H groups in total. The predicted octanol–water partition coefficient (Wildman–Crippen LogP) is 3.95. The quantitative estimate of drug-likeness (QED) is 0.892. The number of hydrogen-bond acceptors (Lipinski definition) is 3. The molecule has 2 nitrogen and oxygen atoms in total. The number of nitrogens with two attached hydrogens (primary N) is 1. The van der Waals surface area contributed by atoms with Gasteiger partial charge in [0.25, 0.3) is 0 Å². The van der Waals surface area contributed by atoms with Crippen LogP contribution in [0.1, 0.15) is 38.3 Å². The van der Waals surface area contributed by atoms with E-state index < -0.39 is 0 Å². The van der Waals surface area contributed by atoms with E-state index in [1.165, 1.54) is 17.7 Å². The fraction of sp³-hybridized carbons (Fsp3) is 0.625. The van der Waals surface area contributed by atoms with Gasteiger partial charge in [0.1, 0.15) is 0 Å². The number of hydrogen-bond donors (Lipinski definition) is 1. The van der Waals surface area contributed by atoms with Crippen LogP contribution in [0.3, 0.4) is 0 Å². The first kappa shape index (κ1) is 16.2. The third-order valence-electron chi connectivity index (χ3n) is 4.12. The Balaban J connectivity index is 2.26. The predicted molar refractivity (Wildman–Crippen MR) is 90.6 cm³/mol. The smallest absolute Gasteiger partial charge is 0.0514 e. The first-order valence-electron chi connectivity index (χ1n) is 7.53. The molecule has 3 atom stereocenters. The van der Waals surface area contributed by atoms with Crippen LogP contribution in [0.15, 0.2) is 24.3 Å². The summed E-state index contributed by atoms with van der Waals surface area (Å²) in [5.41, 5.74) is 7.61. The highest BCUT2D eigenvalue weighted by atomic mass is 35.5. The molecule has 1 saturated heterocycles. The van der Waals surface area contributed by atoms with Gasteiger partial charge >= 0.3 is 0 Å². The van der Waals surface area contributed by atoms with Crippen molar-refractivity contribution >= 4 is 23.4 Å². The van der Waals surface area contributed by atoms with Crippen LogP contribution in [0.2, 0.25) is 5.02 Å². The van der Waals surface area contributed by atoms with E-state index in [1.807, 2.05) is 12.1 Å². The molecule has 0 aromatic heterocycles. The van der Waals surface area contributed by atoms with Crippen molar-refractivity contribution in [2.75, 3.05) is 18.8 Å². The maximum Gasteiger partial charge on any atom is 0.0514 e. The second-order valence-corrected chi connectivity index (χ2v) is 7.25. The Hall–Kier alpha value is -0.220. The Bertz CT molecular complexity index is 427. The van der Waals surface area contributed by atoms with Gasteiger partial charge in [0.05, 0.1) is 6.04 Å². The minimum absolute atomic E-state index is 0.135. The largest absolute Gasteiger partial charge is 0.326 e. The van der Waals surface area contributed by atoms with Gasteiger partial charge in [-0.1, -0.05) is 43.6 Å². The van der Waals surface area contributed by atoms with Crippen LogP contribution in [0.5, 0.6) is 0 Å². The summed E-state index contributed by atoms with van der Waals surface area (Å²) in [4.78, 5) is 2.54. The third kappa shape index (κ3) is 3.70. The van der Waals surface area contributed by atoms with Gasteiger partial charge in [-0.2, -0.15) is 11.8 Å². The molecule has 1 fully saturated rings. The Labute approximate surface area is 132 Å². The number of nitrogens with zero attached hydrogens (tertiary/aromatic N) is 1. The van der Waals surface area contributed by atoms with Crippen molar-refractivity contribution < 1.29 is 0 Å². The molecule has 1 aromatic carbocycles. The molecule has 20 heavy (non-hydrogen) atoms. The molecule has 0 radical (unpaired) electrons. The maximum atomic E-state index is 6.43. The van der Waals surface area contributed by atoms with Gasteiger partial charge in [0.15, 0.2) is 0 Å². The molecule has 3 unspecified atom stereocenters. The summed E-state index contributed by atoms with van der Waals surface area (Å²) in [6, 6.07) is 8.53. The highest BCUT2D eigenvalue weighted by molar-refractivity contribution is 8.00. The lowest BCUT2D eigenvalue weighted by Gasteiger charge is -2.40. The van der Waals surface area contributed by atoms with Crippen LogP contribution in [-0.4, -0.2) is 35.0 Å². The maximum absolute atomic E-state index is 6.43. The number of rotatable bonds is 5. The van der Waals surface area contributed by atoms with Crippen LogP contribution in [-0.2, 0) is 0 Å². The molecule has 1 aliphatic heterocycles. The second-order valence-electron chi connectivity index (χ2n) is 5.43. The van der Waals surface area contributed by atoms with E-state index in [4.69, 9.17) is 17.3 Å². The van der Waals surface area contributed by atoms with Gasteiger partial charge in [-0.05, 0) is 24.5 Å². The van der Waals surface area contributed by atoms with Gasteiger partial charge in [-0.3, -0.25) is 4.90 Å². The summed E-state index contributed by atoms with van der Waals surface area (Å²) in [6.07, 6.45) is 2.19. The van der Waals surface area contributed by atoms with Crippen LogP contribution in [0.25, 0.3) is 0 Å². The minimum Gasteiger partial charge on any atom is -0.326 e. The van der Waals surface area contributed by atoms with Crippen LogP contribution < -0.4 is 5.73 Å². The number of benzene rings is 1. The fourth-order valence-corrected chi connectivity index (χ4v) is 4.33. The highest BCUT2D eigenvalue weighted by Crippen LogP contribution is 2.34. The number of halogens is 1. The van der Waals surface area contributed by atoms with Crippen LogP contribution in [0.4, 0.5) is 0 Å². The lowest BCUT2D eigenvalue weighted by molar-refractivity contribution is 0.174. The Morgan fingerprint density at radius 1 is 1.40 bits per heavy atom. The molecular formula is C16H25ClN2S. The molecule has 0 bridgehead atoms. The van der Waals surface area contributed by atoms with E-state index in [1.54, 1.807) is 0 Å². The zero-order chi connectivity index (χ0) is 14.5. The molecule has 0 amide bonds. The molecule has 2 rings (SSSR count). The van der Waals surface area contributed by atoms with Gasteiger partial charge in [0, 0.05) is 35.2 Å². The summed E-state index contributed by atoms with van der Waals surface area (Å²) in [7, 11) is 0. The molecule has 1 aromatic rings. The van der Waals surface area contributed by atoms with Crippen molar-refractivity contribution in [3.63, 3.8) is 0 Å². The molecular weight excluding hydrogens is 288 g/mol. The summed E-state index contributed by atoms with van der Waals surface area (Å²) < 4.78 is 0. The average Bonchev–Trinajstić information content (AvgIpc) is 2.49. The Morgan fingerprint density at radius 2 is 2.15 bits per heavy atom. The third-order valence-corrected chi connectivity index (χ3v) is 5.84. The summed E-state index contributed by atoms with van der Waals surface area (Å²) in [5.74, 6) is 1.19. The van der Waals surface area contributed by atoms with E-state index in [2.05, 4.69) is 42.6 Å². The van der Waals surface area contributed by atoms with Crippen LogP contribution >= 0.6 is 23.4 Å². The Morgan fingerprint density at radius 3 is 2.80 bits per heavy atom. The van der Waals surface area contributed by atoms with Crippen molar-refractivity contribution in [1.29, 1.82) is 0 Å². The molecule has 1 aliphatic rings. The molecule has 0 spiro atoms. The van der Waals surface area contributed by atoms with Crippen molar-refractivity contribution in [3.8, 4) is 0 Å². The van der Waals surface area contributed by atoms with E-state index in [0.29, 0.717) is 0 Å². The molecule has 112 valence electrons. The average molecular weight is 313 g/mol. The lowest BCUT2D eigenvalue weighted by atomic mass is 9.95. The summed E-state index contributed by atoms with van der Waals surface area (Å²) >= 11 is 8.51. The monoisotopic (exact) mass is 312 g/mol. The van der Waals surface area contributed by atoms with Gasteiger partial charge in [-0.25, -0.2) is 0 Å². The summed E-state index contributed by atoms with van der Waals surface area (Å²) in [6.45, 7) is 6.64. The molecule has 1 heterocycles. The van der Waals surface area contributed by atoms with E-state index in [-0.39, 0.29) is 12.1 Å². The standard InChI is InChI=1S/C16H25ClN2S/c1-3-12-11-19(9-10-20-12)16(15(18)4-2)13-7-5-6-8-14(13)17/h5-8,12,15-16H,3-4,9-11,18H2,1-2H3. The van der Waals surface area contributed by atoms with E-state index in [9.17, 15) is 0 Å². The molecule has 0 aliphatic carbocycles. The topological polar surface area (TPSA) is 29.3 Å². The molecule has 4 heteroatoms.